The third-order valence-electron chi connectivity index (χ3n) is 2.57. The van der Waals surface area contributed by atoms with Crippen molar-refractivity contribution >= 4 is 27.3 Å². The second-order valence-electron chi connectivity index (χ2n) is 4.12. The van der Waals surface area contributed by atoms with Crippen LogP contribution in [0.1, 0.15) is 12.5 Å². The molecule has 0 N–H and O–H groups in total. The van der Waals surface area contributed by atoms with Gasteiger partial charge in [0, 0.05) is 25.0 Å². The van der Waals surface area contributed by atoms with Crippen LogP contribution in [0.3, 0.4) is 0 Å². The van der Waals surface area contributed by atoms with E-state index in [4.69, 9.17) is 5.26 Å². The Morgan fingerprint density at radius 2 is 2.28 bits per heavy atom. The summed E-state index contributed by atoms with van der Waals surface area (Å²) in [5.74, 6) is -0.176. The Hall–Kier alpha value is -1.61. The summed E-state index contributed by atoms with van der Waals surface area (Å²) in [4.78, 5) is 12.4. The van der Waals surface area contributed by atoms with Crippen LogP contribution in [-0.4, -0.2) is 18.5 Å². The van der Waals surface area contributed by atoms with Gasteiger partial charge in [-0.05, 0) is 18.6 Å². The molecule has 1 rings (SSSR count). The van der Waals surface area contributed by atoms with Crippen LogP contribution in [0.25, 0.3) is 0 Å². The molecule has 1 unspecified atom stereocenters. The van der Waals surface area contributed by atoms with Crippen LogP contribution in [-0.2, 0) is 5.33 Å². The fraction of sp³-hybridized carbons (Fsp3) is 0.417. The third kappa shape index (κ3) is 3.44. The summed E-state index contributed by atoms with van der Waals surface area (Å²) in [5.41, 5.74) is 1.46. The van der Waals surface area contributed by atoms with Crippen molar-refractivity contribution in [3.05, 3.63) is 33.9 Å². The second kappa shape index (κ2) is 6.36. The smallest absolute Gasteiger partial charge is 0.292 e. The van der Waals surface area contributed by atoms with Gasteiger partial charge < -0.3 is 4.90 Å². The predicted molar refractivity (Wildman–Crippen MR) is 73.8 cm³/mol. The molecule has 0 aliphatic heterocycles. The average molecular weight is 312 g/mol. The first-order valence-corrected chi connectivity index (χ1v) is 6.55. The quantitative estimate of drug-likeness (QED) is 0.476. The molecule has 96 valence electrons. The van der Waals surface area contributed by atoms with Crippen LogP contribution in [0.15, 0.2) is 18.2 Å². The number of nitro benzene ring substituents is 1. The number of anilines is 1. The number of hydrogen-bond donors (Lipinski definition) is 0. The lowest BCUT2D eigenvalue weighted by molar-refractivity contribution is -0.384. The van der Waals surface area contributed by atoms with Gasteiger partial charge in [-0.3, -0.25) is 10.1 Å². The summed E-state index contributed by atoms with van der Waals surface area (Å²) in [6.07, 6.45) is 0. The van der Waals surface area contributed by atoms with Gasteiger partial charge in [-0.1, -0.05) is 22.0 Å². The van der Waals surface area contributed by atoms with Gasteiger partial charge in [-0.2, -0.15) is 5.26 Å². The maximum Gasteiger partial charge on any atom is 0.292 e. The van der Waals surface area contributed by atoms with Crippen LogP contribution < -0.4 is 4.90 Å². The number of nitrogens with zero attached hydrogens (tertiary/aromatic N) is 3. The molecule has 5 nitrogen and oxygen atoms in total. The number of nitro groups is 1. The molecule has 0 fully saturated rings. The van der Waals surface area contributed by atoms with Gasteiger partial charge in [0.05, 0.1) is 16.9 Å². The van der Waals surface area contributed by atoms with Gasteiger partial charge in [-0.15, -0.1) is 0 Å². The molecular weight excluding hydrogens is 298 g/mol. The molecule has 18 heavy (non-hydrogen) atoms. The van der Waals surface area contributed by atoms with Crippen molar-refractivity contribution in [2.75, 3.05) is 18.5 Å². The second-order valence-corrected chi connectivity index (χ2v) is 4.69. The zero-order chi connectivity index (χ0) is 13.7. The molecule has 0 heterocycles. The lowest BCUT2D eigenvalue weighted by atomic mass is 10.1. The number of halogens is 1. The zero-order valence-corrected chi connectivity index (χ0v) is 11.8. The van der Waals surface area contributed by atoms with Crippen LogP contribution in [0.2, 0.25) is 0 Å². The Morgan fingerprint density at radius 1 is 1.61 bits per heavy atom. The lowest BCUT2D eigenvalue weighted by Crippen LogP contribution is -2.24. The molecule has 1 atom stereocenters. The van der Waals surface area contributed by atoms with Gasteiger partial charge in [0.1, 0.15) is 5.69 Å². The van der Waals surface area contributed by atoms with Gasteiger partial charge >= 0.3 is 0 Å². The molecule has 1 aromatic rings. The highest BCUT2D eigenvalue weighted by molar-refractivity contribution is 9.08. The summed E-state index contributed by atoms with van der Waals surface area (Å²) in [5, 5.41) is 20.4. The van der Waals surface area contributed by atoms with Crippen molar-refractivity contribution in [1.29, 1.82) is 5.26 Å². The lowest BCUT2D eigenvalue weighted by Gasteiger charge is -2.20. The molecule has 0 saturated carbocycles. The summed E-state index contributed by atoms with van der Waals surface area (Å²) >= 11 is 3.27. The summed E-state index contributed by atoms with van der Waals surface area (Å²) in [6.45, 7) is 2.25. The first-order chi connectivity index (χ1) is 8.49. The highest BCUT2D eigenvalue weighted by Crippen LogP contribution is 2.29. The molecule has 0 radical (unpaired) electrons. The normalized spacial score (nSPS) is 11.7. The number of alkyl halides is 1. The van der Waals surface area contributed by atoms with E-state index >= 15 is 0 Å². The highest BCUT2D eigenvalue weighted by atomic mass is 79.9. The van der Waals surface area contributed by atoms with Crippen molar-refractivity contribution in [2.45, 2.75) is 12.3 Å². The minimum absolute atomic E-state index is 0.0691. The standard InChI is InChI=1S/C12H14BrN3O2/c1-9(7-14)8-15(2)11-4-3-10(6-13)5-12(11)16(17)18/h3-5,9H,6,8H2,1-2H3. The van der Waals surface area contributed by atoms with Crippen LogP contribution in [0.4, 0.5) is 11.4 Å². The number of hydrogen-bond acceptors (Lipinski definition) is 4. The first-order valence-electron chi connectivity index (χ1n) is 5.43. The largest absolute Gasteiger partial charge is 0.368 e. The van der Waals surface area contributed by atoms with Crippen molar-refractivity contribution in [1.82, 2.24) is 0 Å². The van der Waals surface area contributed by atoms with Gasteiger partial charge in [0.2, 0.25) is 0 Å². The monoisotopic (exact) mass is 311 g/mol. The fourth-order valence-electron chi connectivity index (χ4n) is 1.67. The van der Waals surface area contributed by atoms with Crippen molar-refractivity contribution in [2.24, 2.45) is 5.92 Å². The fourth-order valence-corrected chi connectivity index (χ4v) is 2.02. The Bertz CT molecular complexity index is 485. The van der Waals surface area contributed by atoms with E-state index in [1.165, 1.54) is 0 Å². The van der Waals surface area contributed by atoms with Gasteiger partial charge in [-0.25, -0.2) is 0 Å². The van der Waals surface area contributed by atoms with E-state index in [-0.39, 0.29) is 11.6 Å². The Morgan fingerprint density at radius 3 is 2.78 bits per heavy atom. The number of nitriles is 1. The van der Waals surface area contributed by atoms with Crippen LogP contribution in [0, 0.1) is 27.4 Å². The predicted octanol–water partition coefficient (Wildman–Crippen LogP) is 3.09. The molecule has 1 aromatic carbocycles. The molecule has 0 amide bonds. The Balaban J connectivity index is 3.08. The van der Waals surface area contributed by atoms with E-state index in [1.54, 1.807) is 31.0 Å². The maximum absolute atomic E-state index is 11.0. The molecule has 0 bridgehead atoms. The van der Waals surface area contributed by atoms with Crippen molar-refractivity contribution in [3.8, 4) is 6.07 Å². The van der Waals surface area contributed by atoms with E-state index in [0.29, 0.717) is 17.6 Å². The van der Waals surface area contributed by atoms with Crippen LogP contribution in [0.5, 0.6) is 0 Å². The minimum atomic E-state index is -0.394. The van der Waals surface area contributed by atoms with E-state index in [0.717, 1.165) is 5.56 Å². The van der Waals surface area contributed by atoms with E-state index in [1.807, 2.05) is 6.07 Å². The topological polar surface area (TPSA) is 70.2 Å². The van der Waals surface area contributed by atoms with E-state index in [2.05, 4.69) is 22.0 Å². The Labute approximate surface area is 114 Å². The van der Waals surface area contributed by atoms with Crippen molar-refractivity contribution < 1.29 is 4.92 Å². The minimum Gasteiger partial charge on any atom is -0.368 e. The third-order valence-corrected chi connectivity index (χ3v) is 3.22. The van der Waals surface area contributed by atoms with Gasteiger partial charge in [0.15, 0.2) is 0 Å². The van der Waals surface area contributed by atoms with Crippen LogP contribution >= 0.6 is 15.9 Å². The molecule has 0 aromatic heterocycles. The summed E-state index contributed by atoms with van der Waals surface area (Å²) in [7, 11) is 1.75. The molecule has 6 heteroatoms. The number of rotatable bonds is 5. The molecule has 0 saturated heterocycles. The first kappa shape index (κ1) is 14.5. The molecule has 0 spiro atoms. The SMILES string of the molecule is CC(C#N)CN(C)c1ccc(CBr)cc1[N+](=O)[O-]. The van der Waals surface area contributed by atoms with E-state index in [9.17, 15) is 10.1 Å². The summed E-state index contributed by atoms with van der Waals surface area (Å²) in [6, 6.07) is 7.23. The molecular formula is C12H14BrN3O2. The average Bonchev–Trinajstić information content (AvgIpc) is 2.37. The summed E-state index contributed by atoms with van der Waals surface area (Å²) < 4.78 is 0. The zero-order valence-electron chi connectivity index (χ0n) is 10.3. The Kier molecular flexibility index (Phi) is 5.10. The molecule has 0 aliphatic carbocycles. The van der Waals surface area contributed by atoms with Crippen molar-refractivity contribution in [3.63, 3.8) is 0 Å². The molecule has 0 aliphatic rings. The number of benzene rings is 1. The van der Waals surface area contributed by atoms with Gasteiger partial charge in [0.25, 0.3) is 5.69 Å². The van der Waals surface area contributed by atoms with E-state index < -0.39 is 4.92 Å². The highest BCUT2D eigenvalue weighted by Gasteiger charge is 2.18. The maximum atomic E-state index is 11.0.